The molecule has 1 amide bonds. The van der Waals surface area contributed by atoms with Gasteiger partial charge in [-0.3, -0.25) is 4.79 Å². The molecule has 6 nitrogen and oxygen atoms in total. The lowest BCUT2D eigenvalue weighted by Gasteiger charge is -2.32. The first kappa shape index (κ1) is 21.6. The van der Waals surface area contributed by atoms with Crippen molar-refractivity contribution in [3.05, 3.63) is 59.6 Å². The quantitative estimate of drug-likeness (QED) is 0.668. The molecular weight excluding hydrogens is 412 g/mol. The van der Waals surface area contributed by atoms with Crippen LogP contribution in [0.5, 0.6) is 5.75 Å². The zero-order valence-corrected chi connectivity index (χ0v) is 17.9. The maximum Gasteiger partial charge on any atom is 0.243 e. The third kappa shape index (κ3) is 5.50. The standard InChI is InChI=1S/C21H25ClN2O4S/c1-23(15-16-28-19-9-7-18(22)8-10-19)21(25)17-11-13-24(14-12-17)29(26,27)20-5-3-2-4-6-20/h2-10,17H,11-16H2,1H3. The molecule has 3 rings (SSSR count). The van der Waals surface area contributed by atoms with Crippen molar-refractivity contribution >= 4 is 27.5 Å². The predicted octanol–water partition coefficient (Wildman–Crippen LogP) is 3.28. The van der Waals surface area contributed by atoms with E-state index in [1.807, 2.05) is 0 Å². The number of halogens is 1. The first-order valence-corrected chi connectivity index (χ1v) is 11.4. The molecule has 0 N–H and O–H groups in total. The Bertz CT molecular complexity index is 911. The van der Waals surface area contributed by atoms with Crippen molar-refractivity contribution in [1.82, 2.24) is 9.21 Å². The number of ether oxygens (including phenoxy) is 1. The van der Waals surface area contributed by atoms with E-state index in [1.165, 1.54) is 4.31 Å². The molecule has 1 aliphatic heterocycles. The van der Waals surface area contributed by atoms with Crippen LogP contribution in [0.2, 0.25) is 5.02 Å². The van der Waals surface area contributed by atoms with E-state index in [0.717, 1.165) is 0 Å². The SMILES string of the molecule is CN(CCOc1ccc(Cl)cc1)C(=O)C1CCN(S(=O)(=O)c2ccccc2)CC1. The van der Waals surface area contributed by atoms with Gasteiger partial charge >= 0.3 is 0 Å². The lowest BCUT2D eigenvalue weighted by molar-refractivity contribution is -0.135. The number of piperidine rings is 1. The number of carbonyl (C=O) groups excluding carboxylic acids is 1. The molecule has 1 saturated heterocycles. The number of sulfonamides is 1. The predicted molar refractivity (Wildman–Crippen MR) is 113 cm³/mol. The monoisotopic (exact) mass is 436 g/mol. The summed E-state index contributed by atoms with van der Waals surface area (Å²) in [6.45, 7) is 1.54. The molecule has 8 heteroatoms. The number of likely N-dealkylation sites (N-methyl/N-ethyl adjacent to an activating group) is 1. The van der Waals surface area contributed by atoms with Crippen LogP contribution in [0.1, 0.15) is 12.8 Å². The van der Waals surface area contributed by atoms with E-state index in [0.29, 0.717) is 54.8 Å². The largest absolute Gasteiger partial charge is 0.492 e. The Labute approximate surface area is 177 Å². The molecular formula is C21H25ClN2O4S. The second kappa shape index (κ2) is 9.61. The van der Waals surface area contributed by atoms with E-state index in [1.54, 1.807) is 66.5 Å². The van der Waals surface area contributed by atoms with Crippen molar-refractivity contribution in [1.29, 1.82) is 0 Å². The number of benzene rings is 2. The van der Waals surface area contributed by atoms with E-state index in [2.05, 4.69) is 0 Å². The number of hydrogen-bond donors (Lipinski definition) is 0. The van der Waals surface area contributed by atoms with Gasteiger partial charge in [-0.1, -0.05) is 29.8 Å². The molecule has 0 spiro atoms. The van der Waals surface area contributed by atoms with Crippen LogP contribution in [-0.4, -0.2) is 56.8 Å². The van der Waals surface area contributed by atoms with Crippen molar-refractivity contribution in [3.63, 3.8) is 0 Å². The third-order valence-electron chi connectivity index (χ3n) is 5.07. The molecule has 0 aliphatic carbocycles. The molecule has 0 atom stereocenters. The first-order valence-electron chi connectivity index (χ1n) is 9.56. The number of amides is 1. The van der Waals surface area contributed by atoms with Gasteiger partial charge in [0.05, 0.1) is 11.4 Å². The molecule has 0 bridgehead atoms. The zero-order valence-electron chi connectivity index (χ0n) is 16.3. The lowest BCUT2D eigenvalue weighted by atomic mass is 9.97. The maximum absolute atomic E-state index is 12.7. The molecule has 0 unspecified atom stereocenters. The fraction of sp³-hybridized carbons (Fsp3) is 0.381. The van der Waals surface area contributed by atoms with Crippen molar-refractivity contribution in [2.75, 3.05) is 33.3 Å². The molecule has 1 fully saturated rings. The summed E-state index contributed by atoms with van der Waals surface area (Å²) in [4.78, 5) is 14.6. The van der Waals surface area contributed by atoms with Crippen LogP contribution in [0.4, 0.5) is 0 Å². The fourth-order valence-electron chi connectivity index (χ4n) is 3.34. The Kier molecular flexibility index (Phi) is 7.16. The molecule has 2 aromatic carbocycles. The van der Waals surface area contributed by atoms with Gasteiger partial charge in [0.1, 0.15) is 12.4 Å². The van der Waals surface area contributed by atoms with Crippen LogP contribution in [0.25, 0.3) is 0 Å². The molecule has 0 saturated carbocycles. The highest BCUT2D eigenvalue weighted by atomic mass is 35.5. The molecule has 0 radical (unpaired) electrons. The van der Waals surface area contributed by atoms with E-state index >= 15 is 0 Å². The van der Waals surface area contributed by atoms with Gasteiger partial charge in [-0.05, 0) is 49.2 Å². The van der Waals surface area contributed by atoms with Crippen LogP contribution in [-0.2, 0) is 14.8 Å². The number of rotatable bonds is 7. The van der Waals surface area contributed by atoms with Crippen LogP contribution in [0.15, 0.2) is 59.5 Å². The lowest BCUT2D eigenvalue weighted by Crippen LogP contribution is -2.44. The average molecular weight is 437 g/mol. The smallest absolute Gasteiger partial charge is 0.243 e. The zero-order chi connectivity index (χ0) is 20.9. The topological polar surface area (TPSA) is 66.9 Å². The van der Waals surface area contributed by atoms with Crippen LogP contribution < -0.4 is 4.74 Å². The molecule has 2 aromatic rings. The highest BCUT2D eigenvalue weighted by Crippen LogP contribution is 2.25. The fourth-order valence-corrected chi connectivity index (χ4v) is 4.95. The van der Waals surface area contributed by atoms with Crippen LogP contribution >= 0.6 is 11.6 Å². The summed E-state index contributed by atoms with van der Waals surface area (Å²) in [6.07, 6.45) is 1.04. The van der Waals surface area contributed by atoms with E-state index in [9.17, 15) is 13.2 Å². The van der Waals surface area contributed by atoms with Gasteiger partial charge in [0.15, 0.2) is 0 Å². The van der Waals surface area contributed by atoms with Gasteiger partial charge in [-0.2, -0.15) is 4.31 Å². The Morgan fingerprint density at radius 3 is 2.34 bits per heavy atom. The van der Waals surface area contributed by atoms with Gasteiger partial charge in [0.2, 0.25) is 15.9 Å². The van der Waals surface area contributed by atoms with Gasteiger partial charge in [-0.25, -0.2) is 8.42 Å². The Morgan fingerprint density at radius 1 is 1.10 bits per heavy atom. The summed E-state index contributed by atoms with van der Waals surface area (Å²) in [5, 5.41) is 0.644. The molecule has 0 aromatic heterocycles. The second-order valence-electron chi connectivity index (χ2n) is 7.05. The minimum absolute atomic E-state index is 0.0291. The summed E-state index contributed by atoms with van der Waals surface area (Å²) in [5.41, 5.74) is 0. The normalized spacial score (nSPS) is 15.8. The summed E-state index contributed by atoms with van der Waals surface area (Å²) in [6, 6.07) is 15.5. The van der Waals surface area contributed by atoms with Crippen molar-refractivity contribution in [2.24, 2.45) is 5.92 Å². The van der Waals surface area contributed by atoms with E-state index in [4.69, 9.17) is 16.3 Å². The van der Waals surface area contributed by atoms with Gasteiger partial charge < -0.3 is 9.64 Å². The van der Waals surface area contributed by atoms with Crippen LogP contribution in [0.3, 0.4) is 0 Å². The summed E-state index contributed by atoms with van der Waals surface area (Å²) in [7, 11) is -1.75. The number of nitrogens with zero attached hydrogens (tertiary/aromatic N) is 2. The summed E-state index contributed by atoms with van der Waals surface area (Å²) >= 11 is 5.85. The third-order valence-corrected chi connectivity index (χ3v) is 7.23. The molecule has 1 heterocycles. The number of carbonyl (C=O) groups is 1. The molecule has 1 aliphatic rings. The van der Waals surface area contributed by atoms with E-state index in [-0.39, 0.29) is 11.8 Å². The molecule has 29 heavy (non-hydrogen) atoms. The Hall–Kier alpha value is -2.09. The minimum atomic E-state index is -3.50. The first-order chi connectivity index (χ1) is 13.9. The average Bonchev–Trinajstić information content (AvgIpc) is 2.75. The van der Waals surface area contributed by atoms with Crippen molar-refractivity contribution in [2.45, 2.75) is 17.7 Å². The minimum Gasteiger partial charge on any atom is -0.492 e. The number of hydrogen-bond acceptors (Lipinski definition) is 4. The second-order valence-corrected chi connectivity index (χ2v) is 9.43. The van der Waals surface area contributed by atoms with Crippen molar-refractivity contribution < 1.29 is 17.9 Å². The van der Waals surface area contributed by atoms with E-state index < -0.39 is 10.0 Å². The summed E-state index contributed by atoms with van der Waals surface area (Å²) in [5.74, 6) is 0.564. The Morgan fingerprint density at radius 2 is 1.72 bits per heavy atom. The van der Waals surface area contributed by atoms with Crippen LogP contribution in [0, 0.1) is 5.92 Å². The maximum atomic E-state index is 12.7. The molecule has 156 valence electrons. The van der Waals surface area contributed by atoms with Crippen molar-refractivity contribution in [3.8, 4) is 5.75 Å². The summed E-state index contributed by atoms with van der Waals surface area (Å²) < 4.78 is 32.5. The highest BCUT2D eigenvalue weighted by molar-refractivity contribution is 7.89. The van der Waals surface area contributed by atoms with Gasteiger partial charge in [0, 0.05) is 31.1 Å². The van der Waals surface area contributed by atoms with Gasteiger partial charge in [0.25, 0.3) is 0 Å². The highest BCUT2D eigenvalue weighted by Gasteiger charge is 2.33. The van der Waals surface area contributed by atoms with Gasteiger partial charge in [-0.15, -0.1) is 0 Å². The Balaban J connectivity index is 1.47.